The van der Waals surface area contributed by atoms with Crippen molar-refractivity contribution in [3.8, 4) is 5.75 Å². The molecule has 0 fully saturated rings. The van der Waals surface area contributed by atoms with Crippen molar-refractivity contribution in [2.75, 3.05) is 7.11 Å². The van der Waals surface area contributed by atoms with Crippen LogP contribution in [0.15, 0.2) is 28.2 Å². The SMILES string of the molecule is COc1ccc(/C=[N]/[Al]([CH2]C(C)C)[CH2]C(C)C)cc1. The molecule has 1 aromatic carbocycles. The topological polar surface area (TPSA) is 21.6 Å². The number of nitrogens with zero attached hydrogens (tertiary/aromatic N) is 1. The van der Waals surface area contributed by atoms with E-state index in [4.69, 9.17) is 8.71 Å². The Balaban J connectivity index is 2.67. The highest BCUT2D eigenvalue weighted by atomic mass is 27.2. The van der Waals surface area contributed by atoms with Crippen LogP contribution < -0.4 is 4.74 Å². The molecule has 2 nitrogen and oxygen atoms in total. The molecule has 0 N–H and O–H groups in total. The Labute approximate surface area is 122 Å². The summed E-state index contributed by atoms with van der Waals surface area (Å²) < 4.78 is 10.1. The van der Waals surface area contributed by atoms with Crippen LogP contribution in [0.2, 0.25) is 10.6 Å². The molecular formula is C16H26AlNO. The van der Waals surface area contributed by atoms with Crippen molar-refractivity contribution in [3.05, 3.63) is 29.8 Å². The van der Waals surface area contributed by atoms with Gasteiger partial charge in [-0.25, -0.2) is 0 Å². The number of hydrogen-bond acceptors (Lipinski definition) is 2. The fraction of sp³-hybridized carbons (Fsp3) is 0.562. The van der Waals surface area contributed by atoms with Crippen LogP contribution in [0.25, 0.3) is 0 Å². The number of rotatable bonds is 7. The molecule has 1 rings (SSSR count). The summed E-state index contributed by atoms with van der Waals surface area (Å²) in [6.45, 7) is 9.18. The Kier molecular flexibility index (Phi) is 7.20. The summed E-state index contributed by atoms with van der Waals surface area (Å²) in [6.07, 6.45) is 2.06. The van der Waals surface area contributed by atoms with Gasteiger partial charge in [0, 0.05) is 0 Å². The molecule has 19 heavy (non-hydrogen) atoms. The maximum Gasteiger partial charge on any atom is 0.436 e. The van der Waals surface area contributed by atoms with Crippen LogP contribution in [-0.2, 0) is 0 Å². The van der Waals surface area contributed by atoms with E-state index in [-0.39, 0.29) is 0 Å². The Hall–Kier alpha value is -0.778. The second-order valence-electron chi connectivity index (χ2n) is 5.96. The Morgan fingerprint density at radius 3 is 2.00 bits per heavy atom. The molecule has 0 aromatic heterocycles. The van der Waals surface area contributed by atoms with Crippen molar-refractivity contribution >= 4 is 20.6 Å². The van der Waals surface area contributed by atoms with Crippen molar-refractivity contribution in [1.82, 2.24) is 0 Å². The molecule has 0 aliphatic carbocycles. The van der Waals surface area contributed by atoms with Gasteiger partial charge in [0.05, 0.1) is 7.11 Å². The van der Waals surface area contributed by atoms with Gasteiger partial charge < -0.3 is 8.71 Å². The average molecular weight is 275 g/mol. The van der Waals surface area contributed by atoms with Crippen molar-refractivity contribution in [2.24, 2.45) is 15.8 Å². The minimum absolute atomic E-state index is 0.753. The molecule has 0 bridgehead atoms. The van der Waals surface area contributed by atoms with Gasteiger partial charge in [-0.15, -0.1) is 0 Å². The highest BCUT2D eigenvalue weighted by Crippen LogP contribution is 2.16. The third-order valence-electron chi connectivity index (χ3n) is 3.04. The summed E-state index contributed by atoms with van der Waals surface area (Å²) >= 11 is -1.00. The second-order valence-corrected chi connectivity index (χ2v) is 8.51. The zero-order valence-electron chi connectivity index (χ0n) is 12.9. The van der Waals surface area contributed by atoms with Gasteiger partial charge in [0.1, 0.15) is 5.75 Å². The molecule has 0 unspecified atom stereocenters. The molecule has 0 radical (unpaired) electrons. The fourth-order valence-corrected chi connectivity index (χ4v) is 5.18. The monoisotopic (exact) mass is 275 g/mol. The quantitative estimate of drug-likeness (QED) is 0.533. The van der Waals surface area contributed by atoms with Gasteiger partial charge in [-0.05, 0) is 36.0 Å². The normalized spacial score (nSPS) is 11.5. The maximum atomic E-state index is 5.16. The highest BCUT2D eigenvalue weighted by Gasteiger charge is 2.20. The van der Waals surface area contributed by atoms with Crippen LogP contribution >= 0.6 is 0 Å². The summed E-state index contributed by atoms with van der Waals surface area (Å²) in [4.78, 5) is 0. The summed E-state index contributed by atoms with van der Waals surface area (Å²) in [5.74, 6) is 2.40. The highest BCUT2D eigenvalue weighted by molar-refractivity contribution is 6.58. The van der Waals surface area contributed by atoms with Crippen LogP contribution in [0.1, 0.15) is 33.3 Å². The first-order valence-electron chi connectivity index (χ1n) is 7.18. The van der Waals surface area contributed by atoms with E-state index in [1.807, 2.05) is 12.1 Å². The van der Waals surface area contributed by atoms with E-state index in [1.54, 1.807) is 7.11 Å². The third-order valence-corrected chi connectivity index (χ3v) is 6.58. The second kappa shape index (κ2) is 8.40. The van der Waals surface area contributed by atoms with E-state index < -0.39 is 14.4 Å². The van der Waals surface area contributed by atoms with Crippen molar-refractivity contribution < 1.29 is 4.74 Å². The molecule has 1 aromatic rings. The van der Waals surface area contributed by atoms with Gasteiger partial charge >= 0.3 is 14.4 Å². The predicted molar refractivity (Wildman–Crippen MR) is 85.6 cm³/mol. The largest absolute Gasteiger partial charge is 0.497 e. The molecule has 0 aliphatic heterocycles. The molecular weight excluding hydrogens is 249 g/mol. The van der Waals surface area contributed by atoms with Gasteiger partial charge in [0.25, 0.3) is 0 Å². The molecule has 0 spiro atoms. The van der Waals surface area contributed by atoms with E-state index in [9.17, 15) is 0 Å². The lowest BCUT2D eigenvalue weighted by Gasteiger charge is -2.11. The van der Waals surface area contributed by atoms with Gasteiger partial charge in [-0.2, -0.15) is 0 Å². The molecule has 0 aliphatic rings. The molecule has 0 amide bonds. The van der Waals surface area contributed by atoms with E-state index in [2.05, 4.69) is 46.0 Å². The average Bonchev–Trinajstić information content (AvgIpc) is 2.35. The molecule has 3 heteroatoms. The molecule has 0 saturated carbocycles. The minimum Gasteiger partial charge on any atom is -0.497 e. The van der Waals surface area contributed by atoms with Gasteiger partial charge in [0.15, 0.2) is 0 Å². The lowest BCUT2D eigenvalue weighted by atomic mass is 10.2. The summed E-state index contributed by atoms with van der Waals surface area (Å²) in [5.41, 5.74) is 1.17. The maximum absolute atomic E-state index is 5.16. The smallest absolute Gasteiger partial charge is 0.436 e. The minimum atomic E-state index is -1.00. The van der Waals surface area contributed by atoms with E-state index >= 15 is 0 Å². The standard InChI is InChI=1S/C8H8NO.2C4H9.Al/c1-10-8-4-2-7(6-9)3-5-8;2*1-4(2)3;/h2-6H,1H3;2*4H,1H2,2-3H3;/q-1;;;+1. The summed E-state index contributed by atoms with van der Waals surface area (Å²) in [6, 6.07) is 8.11. The van der Waals surface area contributed by atoms with Gasteiger partial charge in [-0.1, -0.05) is 50.1 Å². The van der Waals surface area contributed by atoms with Crippen LogP contribution in [0.4, 0.5) is 0 Å². The lowest BCUT2D eigenvalue weighted by Crippen LogP contribution is -2.15. The van der Waals surface area contributed by atoms with Crippen LogP contribution in [-0.4, -0.2) is 27.7 Å². The number of methoxy groups -OCH3 is 1. The zero-order chi connectivity index (χ0) is 14.3. The summed E-state index contributed by atoms with van der Waals surface area (Å²) in [7, 11) is 1.69. The first-order chi connectivity index (χ1) is 9.01. The van der Waals surface area contributed by atoms with Crippen molar-refractivity contribution in [1.29, 1.82) is 0 Å². The summed E-state index contributed by atoms with van der Waals surface area (Å²) in [5, 5.41) is 2.59. The molecule has 0 saturated heterocycles. The number of benzene rings is 1. The molecule has 104 valence electrons. The molecule has 0 heterocycles. The Bertz CT molecular complexity index is 374. The number of ether oxygens (including phenoxy) is 1. The van der Waals surface area contributed by atoms with E-state index in [0.29, 0.717) is 0 Å². The Morgan fingerprint density at radius 1 is 1.05 bits per heavy atom. The van der Waals surface area contributed by atoms with Gasteiger partial charge in [0.2, 0.25) is 0 Å². The van der Waals surface area contributed by atoms with E-state index in [1.165, 1.54) is 16.1 Å². The predicted octanol–water partition coefficient (Wildman–Crippen LogP) is 4.42. The van der Waals surface area contributed by atoms with Crippen molar-refractivity contribution in [2.45, 2.75) is 38.3 Å². The third kappa shape index (κ3) is 6.80. The first kappa shape index (κ1) is 16.3. The first-order valence-corrected chi connectivity index (χ1v) is 9.33. The van der Waals surface area contributed by atoms with Gasteiger partial charge in [-0.3, -0.25) is 0 Å². The Morgan fingerprint density at radius 2 is 1.58 bits per heavy atom. The van der Waals surface area contributed by atoms with Crippen LogP contribution in [0, 0.1) is 11.8 Å². The molecule has 0 atom stereocenters. The number of hydrogen-bond donors (Lipinski definition) is 0. The van der Waals surface area contributed by atoms with Crippen molar-refractivity contribution in [3.63, 3.8) is 0 Å². The lowest BCUT2D eigenvalue weighted by molar-refractivity contribution is 0.415. The van der Waals surface area contributed by atoms with E-state index in [0.717, 1.165) is 17.6 Å². The van der Waals surface area contributed by atoms with Crippen LogP contribution in [0.3, 0.4) is 0 Å². The zero-order valence-corrected chi connectivity index (χ0v) is 14.0. The fourth-order valence-electron chi connectivity index (χ4n) is 2.19. The van der Waals surface area contributed by atoms with Crippen LogP contribution in [0.5, 0.6) is 5.75 Å².